The van der Waals surface area contributed by atoms with E-state index < -0.39 is 18.7 Å². The lowest BCUT2D eigenvalue weighted by atomic mass is 10.2. The van der Waals surface area contributed by atoms with E-state index in [0.29, 0.717) is 11.5 Å². The van der Waals surface area contributed by atoms with Gasteiger partial charge in [-0.05, 0) is 61.0 Å². The molecule has 2 aromatic carbocycles. The van der Waals surface area contributed by atoms with Crippen molar-refractivity contribution in [1.29, 1.82) is 0 Å². The van der Waals surface area contributed by atoms with E-state index in [1.54, 1.807) is 43.3 Å². The first-order valence-electron chi connectivity index (χ1n) is 7.64. The molecular weight excluding hydrogens is 404 g/mol. The van der Waals surface area contributed by atoms with E-state index in [1.807, 2.05) is 12.1 Å². The van der Waals surface area contributed by atoms with Gasteiger partial charge in [0.05, 0.1) is 6.21 Å². The van der Waals surface area contributed by atoms with Gasteiger partial charge >= 0.3 is 5.97 Å². The zero-order chi connectivity index (χ0) is 18.9. The summed E-state index contributed by atoms with van der Waals surface area (Å²) in [5, 5.41) is 12.4. The van der Waals surface area contributed by atoms with Crippen LogP contribution in [0.3, 0.4) is 0 Å². The maximum absolute atomic E-state index is 12.0. The molecule has 0 radical (unpaired) electrons. The highest BCUT2D eigenvalue weighted by molar-refractivity contribution is 9.10. The third-order valence-electron chi connectivity index (χ3n) is 3.13. The van der Waals surface area contributed by atoms with E-state index in [-0.39, 0.29) is 5.91 Å². The van der Waals surface area contributed by atoms with Gasteiger partial charge in [0.2, 0.25) is 0 Å². The van der Waals surface area contributed by atoms with Crippen LogP contribution in [0.2, 0.25) is 0 Å². The molecule has 26 heavy (non-hydrogen) atoms. The van der Waals surface area contributed by atoms with Crippen LogP contribution in [-0.2, 0) is 9.59 Å². The minimum atomic E-state index is -1.04. The Kier molecular flexibility index (Phi) is 7.16. The number of carboxylic acids is 1. The van der Waals surface area contributed by atoms with Crippen molar-refractivity contribution in [2.45, 2.75) is 13.0 Å². The quantitative estimate of drug-likeness (QED) is 0.505. The summed E-state index contributed by atoms with van der Waals surface area (Å²) in [5.41, 5.74) is 3.12. The number of amides is 1. The van der Waals surface area contributed by atoms with Crippen molar-refractivity contribution in [3.63, 3.8) is 0 Å². The molecule has 0 aliphatic heterocycles. The largest absolute Gasteiger partial charge is 0.482 e. The lowest BCUT2D eigenvalue weighted by Crippen LogP contribution is -2.33. The van der Waals surface area contributed by atoms with Crippen molar-refractivity contribution in [1.82, 2.24) is 5.43 Å². The molecule has 0 aliphatic carbocycles. The molecule has 2 aromatic rings. The van der Waals surface area contributed by atoms with Gasteiger partial charge in [-0.3, -0.25) is 4.79 Å². The van der Waals surface area contributed by atoms with E-state index in [0.717, 1.165) is 10.0 Å². The Hall–Kier alpha value is -2.87. The molecule has 0 bridgehead atoms. The number of carbonyl (C=O) groups excluding carboxylic acids is 1. The Labute approximate surface area is 158 Å². The molecule has 1 unspecified atom stereocenters. The van der Waals surface area contributed by atoms with Gasteiger partial charge in [-0.1, -0.05) is 15.9 Å². The van der Waals surface area contributed by atoms with Crippen molar-refractivity contribution in [3.05, 3.63) is 58.6 Å². The molecule has 8 heteroatoms. The highest BCUT2D eigenvalue weighted by Crippen LogP contribution is 2.17. The van der Waals surface area contributed by atoms with Crippen LogP contribution in [-0.4, -0.2) is 35.9 Å². The van der Waals surface area contributed by atoms with Gasteiger partial charge in [-0.2, -0.15) is 5.10 Å². The number of hydrazone groups is 1. The number of nitrogens with zero attached hydrogens (tertiary/aromatic N) is 1. The fraction of sp³-hybridized carbons (Fsp3) is 0.167. The second-order valence-electron chi connectivity index (χ2n) is 5.20. The molecule has 0 aromatic heterocycles. The van der Waals surface area contributed by atoms with Crippen LogP contribution < -0.4 is 14.9 Å². The monoisotopic (exact) mass is 420 g/mol. The third kappa shape index (κ3) is 6.56. The van der Waals surface area contributed by atoms with Crippen LogP contribution in [0.5, 0.6) is 11.5 Å². The normalized spacial score (nSPS) is 11.8. The fourth-order valence-corrected chi connectivity index (χ4v) is 2.09. The van der Waals surface area contributed by atoms with E-state index in [4.69, 9.17) is 14.6 Å². The van der Waals surface area contributed by atoms with Crippen LogP contribution >= 0.6 is 15.9 Å². The molecule has 1 atom stereocenters. The van der Waals surface area contributed by atoms with Crippen molar-refractivity contribution in [2.75, 3.05) is 6.61 Å². The molecule has 0 spiro atoms. The summed E-state index contributed by atoms with van der Waals surface area (Å²) >= 11 is 3.33. The molecule has 136 valence electrons. The van der Waals surface area contributed by atoms with Crippen molar-refractivity contribution >= 4 is 34.0 Å². The van der Waals surface area contributed by atoms with Gasteiger partial charge in [-0.15, -0.1) is 0 Å². The minimum absolute atomic E-state index is 0.384. The average molecular weight is 421 g/mol. The van der Waals surface area contributed by atoms with Crippen molar-refractivity contribution < 1.29 is 24.2 Å². The highest BCUT2D eigenvalue weighted by atomic mass is 79.9. The fourth-order valence-electron chi connectivity index (χ4n) is 1.83. The van der Waals surface area contributed by atoms with E-state index >= 15 is 0 Å². The Balaban J connectivity index is 1.81. The summed E-state index contributed by atoms with van der Waals surface area (Å²) in [6.07, 6.45) is 0.755. The first-order chi connectivity index (χ1) is 12.4. The second-order valence-corrected chi connectivity index (χ2v) is 6.12. The number of benzene rings is 2. The Morgan fingerprint density at radius 1 is 1.15 bits per heavy atom. The number of carbonyl (C=O) groups is 2. The van der Waals surface area contributed by atoms with Crippen LogP contribution in [0.4, 0.5) is 0 Å². The topological polar surface area (TPSA) is 97.2 Å². The lowest BCUT2D eigenvalue weighted by Gasteiger charge is -2.12. The van der Waals surface area contributed by atoms with Crippen LogP contribution in [0.15, 0.2) is 58.1 Å². The smallest absolute Gasteiger partial charge is 0.341 e. The summed E-state index contributed by atoms with van der Waals surface area (Å²) < 4.78 is 11.5. The van der Waals surface area contributed by atoms with Crippen LogP contribution in [0, 0.1) is 0 Å². The number of halogens is 1. The lowest BCUT2D eigenvalue weighted by molar-refractivity contribution is -0.139. The number of ether oxygens (including phenoxy) is 2. The number of nitrogens with one attached hydrogen (secondary N) is 1. The van der Waals surface area contributed by atoms with Crippen LogP contribution in [0.1, 0.15) is 12.5 Å². The van der Waals surface area contributed by atoms with Gasteiger partial charge < -0.3 is 14.6 Å². The van der Waals surface area contributed by atoms with Crippen molar-refractivity contribution in [2.24, 2.45) is 5.10 Å². The highest BCUT2D eigenvalue weighted by Gasteiger charge is 2.13. The molecule has 0 saturated heterocycles. The molecule has 7 nitrogen and oxygen atoms in total. The molecule has 0 aliphatic rings. The minimum Gasteiger partial charge on any atom is -0.482 e. The Morgan fingerprint density at radius 2 is 1.77 bits per heavy atom. The Morgan fingerprint density at radius 3 is 2.38 bits per heavy atom. The molecule has 1 amide bonds. The summed E-state index contributed by atoms with van der Waals surface area (Å²) in [7, 11) is 0. The van der Waals surface area contributed by atoms with Gasteiger partial charge in [-0.25, -0.2) is 10.2 Å². The zero-order valence-corrected chi connectivity index (χ0v) is 15.5. The molecule has 0 heterocycles. The number of rotatable bonds is 8. The standard InChI is InChI=1S/C18H17BrN2O5/c1-12(26-16-8-4-14(19)5-9-16)18(24)21-20-10-13-2-6-15(7-3-13)25-11-17(22)23/h2-10,12H,11H2,1H3,(H,21,24)(H,22,23). The average Bonchev–Trinajstić information content (AvgIpc) is 2.62. The first-order valence-corrected chi connectivity index (χ1v) is 8.43. The summed E-state index contributed by atoms with van der Waals surface area (Å²) in [4.78, 5) is 22.4. The molecule has 0 saturated carbocycles. The summed E-state index contributed by atoms with van der Waals surface area (Å²) in [5.74, 6) is -0.412. The third-order valence-corrected chi connectivity index (χ3v) is 3.66. The SMILES string of the molecule is CC(Oc1ccc(Br)cc1)C(=O)NN=Cc1ccc(OCC(=O)O)cc1. The Bertz CT molecular complexity index is 775. The molecule has 2 rings (SSSR count). The second kappa shape index (κ2) is 9.57. The van der Waals surface area contributed by atoms with Crippen LogP contribution in [0.25, 0.3) is 0 Å². The maximum Gasteiger partial charge on any atom is 0.341 e. The van der Waals surface area contributed by atoms with E-state index in [1.165, 1.54) is 6.21 Å². The number of hydrogen-bond donors (Lipinski definition) is 2. The number of aliphatic carboxylic acids is 1. The van der Waals surface area contributed by atoms with E-state index in [9.17, 15) is 9.59 Å². The molecular formula is C18H17BrN2O5. The predicted molar refractivity (Wildman–Crippen MR) is 99.5 cm³/mol. The number of carboxylic acid groups (broad SMARTS) is 1. The molecule has 2 N–H and O–H groups in total. The first kappa shape index (κ1) is 19.5. The van der Waals surface area contributed by atoms with Gasteiger partial charge in [0.1, 0.15) is 11.5 Å². The zero-order valence-electron chi connectivity index (χ0n) is 13.9. The van der Waals surface area contributed by atoms with Gasteiger partial charge in [0.15, 0.2) is 12.7 Å². The predicted octanol–water partition coefficient (Wildman–Crippen LogP) is 2.83. The molecule has 0 fully saturated rings. The van der Waals surface area contributed by atoms with Gasteiger partial charge in [0, 0.05) is 4.47 Å². The summed E-state index contributed by atoms with van der Waals surface area (Å²) in [6.45, 7) is 1.22. The maximum atomic E-state index is 12.0. The van der Waals surface area contributed by atoms with Gasteiger partial charge in [0.25, 0.3) is 5.91 Å². The van der Waals surface area contributed by atoms with Crippen molar-refractivity contribution in [3.8, 4) is 11.5 Å². The number of hydrogen-bond acceptors (Lipinski definition) is 5. The summed E-state index contributed by atoms with van der Waals surface area (Å²) in [6, 6.07) is 13.8. The van der Waals surface area contributed by atoms with E-state index in [2.05, 4.69) is 26.5 Å².